The first kappa shape index (κ1) is 18.1. The summed E-state index contributed by atoms with van der Waals surface area (Å²) >= 11 is 3.41. The Kier molecular flexibility index (Phi) is 8.55. The van der Waals surface area contributed by atoms with Crippen LogP contribution in [0.4, 0.5) is 0 Å². The Bertz CT molecular complexity index is 451. The van der Waals surface area contributed by atoms with Crippen molar-refractivity contribution in [2.75, 3.05) is 20.6 Å². The number of hydrogen-bond acceptors (Lipinski definition) is 2. The lowest BCUT2D eigenvalue weighted by molar-refractivity contribution is -0.118. The van der Waals surface area contributed by atoms with Gasteiger partial charge in [0, 0.05) is 16.9 Å². The van der Waals surface area contributed by atoms with Gasteiger partial charge >= 0.3 is 0 Å². The summed E-state index contributed by atoms with van der Waals surface area (Å²) in [6.07, 6.45) is 8.16. The van der Waals surface area contributed by atoms with Crippen molar-refractivity contribution in [1.82, 2.24) is 4.90 Å². The van der Waals surface area contributed by atoms with Gasteiger partial charge in [0.2, 0.25) is 0 Å². The number of allylic oxidation sites excluding steroid dienone is 1. The Morgan fingerprint density at radius 2 is 1.90 bits per heavy atom. The number of halogens is 1. The van der Waals surface area contributed by atoms with Crippen LogP contribution in [0.25, 0.3) is 6.08 Å². The molecule has 0 fully saturated rings. The molecule has 1 aromatic carbocycles. The highest BCUT2D eigenvalue weighted by Crippen LogP contribution is 2.15. The molecule has 1 aromatic rings. The SMILES string of the molecule is CCCCC[C@@H](CN(C)C)C(=O)/C=C/c1ccc(Br)cc1. The Balaban J connectivity index is 2.63. The zero-order valence-electron chi connectivity index (χ0n) is 13.3. The van der Waals surface area contributed by atoms with Crippen LogP contribution in [-0.2, 0) is 4.79 Å². The molecule has 3 heteroatoms. The molecule has 2 nitrogen and oxygen atoms in total. The van der Waals surface area contributed by atoms with Crippen molar-refractivity contribution in [1.29, 1.82) is 0 Å². The molecule has 0 aliphatic rings. The average Bonchev–Trinajstić information content (AvgIpc) is 2.45. The summed E-state index contributed by atoms with van der Waals surface area (Å²) in [5.74, 6) is 0.348. The standard InChI is InChI=1S/C18H26BrNO/c1-4-5-6-7-16(14-20(2)3)18(21)13-10-15-8-11-17(19)12-9-15/h8-13,16H,4-7,14H2,1-3H3/b13-10+/t16-/m0/s1. The minimum atomic E-state index is 0.109. The van der Waals surface area contributed by atoms with Crippen molar-refractivity contribution in [3.05, 3.63) is 40.4 Å². The van der Waals surface area contributed by atoms with Crippen LogP contribution in [0.5, 0.6) is 0 Å². The minimum Gasteiger partial charge on any atom is -0.309 e. The number of ketones is 1. The van der Waals surface area contributed by atoms with Crippen LogP contribution in [-0.4, -0.2) is 31.3 Å². The maximum Gasteiger partial charge on any atom is 0.160 e. The molecule has 0 N–H and O–H groups in total. The second kappa shape index (κ2) is 9.91. The van der Waals surface area contributed by atoms with Crippen LogP contribution in [0.1, 0.15) is 38.2 Å². The van der Waals surface area contributed by atoms with E-state index < -0.39 is 0 Å². The summed E-state index contributed by atoms with van der Waals surface area (Å²) in [6, 6.07) is 7.99. The topological polar surface area (TPSA) is 20.3 Å². The molecule has 0 bridgehead atoms. The van der Waals surface area contributed by atoms with Crippen LogP contribution < -0.4 is 0 Å². The lowest BCUT2D eigenvalue weighted by Gasteiger charge is -2.18. The molecule has 0 unspecified atom stereocenters. The van der Waals surface area contributed by atoms with Crippen molar-refractivity contribution in [3.63, 3.8) is 0 Å². The smallest absolute Gasteiger partial charge is 0.160 e. The van der Waals surface area contributed by atoms with E-state index in [0.29, 0.717) is 0 Å². The molecule has 1 rings (SSSR count). The van der Waals surface area contributed by atoms with Crippen molar-refractivity contribution < 1.29 is 4.79 Å². The number of carbonyl (C=O) groups is 1. The molecule has 0 aliphatic heterocycles. The molecule has 0 spiro atoms. The predicted molar refractivity (Wildman–Crippen MR) is 94.4 cm³/mol. The Hall–Kier alpha value is -0.930. The van der Waals surface area contributed by atoms with Gasteiger partial charge in [-0.15, -0.1) is 0 Å². The molecular formula is C18H26BrNO. The quantitative estimate of drug-likeness (QED) is 0.470. The van der Waals surface area contributed by atoms with Crippen LogP contribution in [0.3, 0.4) is 0 Å². The maximum atomic E-state index is 12.4. The minimum absolute atomic E-state index is 0.109. The van der Waals surface area contributed by atoms with E-state index in [4.69, 9.17) is 0 Å². The lowest BCUT2D eigenvalue weighted by Crippen LogP contribution is -2.27. The first-order valence-electron chi connectivity index (χ1n) is 7.65. The summed E-state index contributed by atoms with van der Waals surface area (Å²) in [5, 5.41) is 0. The van der Waals surface area contributed by atoms with Crippen LogP contribution >= 0.6 is 15.9 Å². The number of nitrogens with zero attached hydrogens (tertiary/aromatic N) is 1. The molecule has 0 radical (unpaired) electrons. The maximum absolute atomic E-state index is 12.4. The van der Waals surface area contributed by atoms with Gasteiger partial charge in [-0.05, 0) is 44.3 Å². The summed E-state index contributed by atoms with van der Waals surface area (Å²) in [7, 11) is 4.05. The second-order valence-electron chi connectivity index (χ2n) is 5.74. The van der Waals surface area contributed by atoms with Gasteiger partial charge in [0.15, 0.2) is 5.78 Å². The monoisotopic (exact) mass is 351 g/mol. The molecule has 0 aliphatic carbocycles. The van der Waals surface area contributed by atoms with Crippen LogP contribution in [0.2, 0.25) is 0 Å². The predicted octanol–water partition coefficient (Wildman–Crippen LogP) is 4.79. The molecule has 0 saturated carbocycles. The molecule has 116 valence electrons. The summed E-state index contributed by atoms with van der Waals surface area (Å²) in [5.41, 5.74) is 1.06. The van der Waals surface area contributed by atoms with E-state index in [1.165, 1.54) is 12.8 Å². The summed E-state index contributed by atoms with van der Waals surface area (Å²) < 4.78 is 1.05. The number of hydrogen-bond donors (Lipinski definition) is 0. The zero-order valence-corrected chi connectivity index (χ0v) is 14.9. The fourth-order valence-corrected chi connectivity index (χ4v) is 2.56. The Morgan fingerprint density at radius 3 is 2.48 bits per heavy atom. The van der Waals surface area contributed by atoms with Gasteiger partial charge in [0.25, 0.3) is 0 Å². The van der Waals surface area contributed by atoms with Gasteiger partial charge in [0.05, 0.1) is 0 Å². The van der Waals surface area contributed by atoms with E-state index in [-0.39, 0.29) is 11.7 Å². The van der Waals surface area contributed by atoms with Crippen LogP contribution in [0, 0.1) is 5.92 Å². The van der Waals surface area contributed by atoms with Crippen molar-refractivity contribution in [2.45, 2.75) is 32.6 Å². The third kappa shape index (κ3) is 7.58. The van der Waals surface area contributed by atoms with E-state index in [9.17, 15) is 4.79 Å². The number of unbranched alkanes of at least 4 members (excludes halogenated alkanes) is 2. The third-order valence-electron chi connectivity index (χ3n) is 3.45. The van der Waals surface area contributed by atoms with Gasteiger partial charge in [-0.25, -0.2) is 0 Å². The molecule has 21 heavy (non-hydrogen) atoms. The van der Waals surface area contributed by atoms with E-state index >= 15 is 0 Å². The highest BCUT2D eigenvalue weighted by molar-refractivity contribution is 9.10. The Labute approximate surface area is 137 Å². The van der Waals surface area contributed by atoms with Crippen molar-refractivity contribution in [3.8, 4) is 0 Å². The lowest BCUT2D eigenvalue weighted by atomic mass is 9.95. The molecular weight excluding hydrogens is 326 g/mol. The fourth-order valence-electron chi connectivity index (χ4n) is 2.29. The van der Waals surface area contributed by atoms with Gasteiger partial charge in [0.1, 0.15) is 0 Å². The van der Waals surface area contributed by atoms with Crippen molar-refractivity contribution >= 4 is 27.8 Å². The largest absolute Gasteiger partial charge is 0.309 e. The van der Waals surface area contributed by atoms with Gasteiger partial charge in [-0.3, -0.25) is 4.79 Å². The zero-order chi connectivity index (χ0) is 15.7. The molecule has 0 aromatic heterocycles. The van der Waals surface area contributed by atoms with Crippen LogP contribution in [0.15, 0.2) is 34.8 Å². The normalized spacial score (nSPS) is 13.0. The number of rotatable bonds is 9. The first-order chi connectivity index (χ1) is 10.0. The van der Waals surface area contributed by atoms with E-state index in [2.05, 4.69) is 27.8 Å². The molecule has 1 atom stereocenters. The summed E-state index contributed by atoms with van der Waals surface area (Å²) in [4.78, 5) is 14.5. The summed E-state index contributed by atoms with van der Waals surface area (Å²) in [6.45, 7) is 3.02. The highest BCUT2D eigenvalue weighted by atomic mass is 79.9. The third-order valence-corrected chi connectivity index (χ3v) is 3.98. The van der Waals surface area contributed by atoms with Gasteiger partial charge < -0.3 is 4.90 Å². The number of benzene rings is 1. The Morgan fingerprint density at radius 1 is 1.24 bits per heavy atom. The number of carbonyl (C=O) groups excluding carboxylic acids is 1. The van der Waals surface area contributed by atoms with E-state index in [1.807, 2.05) is 44.4 Å². The molecule has 0 heterocycles. The fraction of sp³-hybridized carbons (Fsp3) is 0.500. The second-order valence-corrected chi connectivity index (χ2v) is 6.66. The average molecular weight is 352 g/mol. The molecule has 0 amide bonds. The van der Waals surface area contributed by atoms with Crippen molar-refractivity contribution in [2.24, 2.45) is 5.92 Å². The highest BCUT2D eigenvalue weighted by Gasteiger charge is 2.16. The first-order valence-corrected chi connectivity index (χ1v) is 8.44. The molecule has 0 saturated heterocycles. The van der Waals surface area contributed by atoms with E-state index in [0.717, 1.165) is 29.4 Å². The van der Waals surface area contributed by atoms with Gasteiger partial charge in [-0.1, -0.05) is 60.3 Å². The van der Waals surface area contributed by atoms with E-state index in [1.54, 1.807) is 6.08 Å². The van der Waals surface area contributed by atoms with Gasteiger partial charge in [-0.2, -0.15) is 0 Å².